The van der Waals surface area contributed by atoms with Gasteiger partial charge < -0.3 is 0 Å². The molecule has 74 valence electrons. The van der Waals surface area contributed by atoms with Gasteiger partial charge in [0.1, 0.15) is 0 Å². The van der Waals surface area contributed by atoms with Crippen LogP contribution in [0.3, 0.4) is 0 Å². The summed E-state index contributed by atoms with van der Waals surface area (Å²) in [6.07, 6.45) is 0. The highest BCUT2D eigenvalue weighted by atomic mass is 79.9. The smallest absolute Gasteiger partial charge is 0.218 e. The first-order chi connectivity index (χ1) is 6.77. The lowest BCUT2D eigenvalue weighted by Crippen LogP contribution is -2.10. The third kappa shape index (κ3) is 1.95. The van der Waals surface area contributed by atoms with Gasteiger partial charge in [0, 0.05) is 0 Å². The Kier molecular flexibility index (Phi) is 2.82. The second-order valence-corrected chi connectivity index (χ2v) is 3.76. The van der Waals surface area contributed by atoms with Crippen LogP contribution in [0.5, 0.6) is 0 Å². The monoisotopic (exact) mass is 322 g/mol. The summed E-state index contributed by atoms with van der Waals surface area (Å²) in [6, 6.07) is 0. The Hall–Kier alpha value is -0.900. The fraction of sp³-hybridized carbons (Fsp3) is 0.500. The largest absolute Gasteiger partial charge is 0.218 e. The van der Waals surface area contributed by atoms with E-state index in [2.05, 4.69) is 62.9 Å². The molecule has 10 heteroatoms. The number of tetrazole rings is 2. The Balaban J connectivity index is 2.02. The molecule has 2 aromatic heterocycles. The molecule has 0 saturated heterocycles. The lowest BCUT2D eigenvalue weighted by atomic mass is 10.6. The molecule has 0 spiro atoms. The van der Waals surface area contributed by atoms with Crippen LogP contribution in [-0.2, 0) is 13.1 Å². The molecule has 0 N–H and O–H groups in total. The van der Waals surface area contributed by atoms with E-state index >= 15 is 0 Å². The van der Waals surface area contributed by atoms with E-state index in [1.807, 2.05) is 0 Å². The van der Waals surface area contributed by atoms with Crippen molar-refractivity contribution >= 4 is 31.9 Å². The molecule has 0 fully saturated rings. The van der Waals surface area contributed by atoms with Crippen molar-refractivity contribution in [3.8, 4) is 0 Å². The summed E-state index contributed by atoms with van der Waals surface area (Å²) in [5.41, 5.74) is 0. The number of rotatable bonds is 3. The molecule has 0 radical (unpaired) electrons. The highest BCUT2D eigenvalue weighted by Crippen LogP contribution is 2.04. The first-order valence-corrected chi connectivity index (χ1v) is 5.19. The number of aryl methyl sites for hydroxylation is 2. The third-order valence-corrected chi connectivity index (χ3v) is 2.64. The molecule has 0 saturated carbocycles. The molecule has 2 rings (SSSR count). The van der Waals surface area contributed by atoms with Crippen LogP contribution in [0.25, 0.3) is 0 Å². The zero-order chi connectivity index (χ0) is 9.97. The van der Waals surface area contributed by atoms with Crippen molar-refractivity contribution in [3.05, 3.63) is 9.47 Å². The first-order valence-electron chi connectivity index (χ1n) is 3.60. The minimum atomic E-state index is 0.585. The number of aromatic nitrogens is 8. The molecule has 14 heavy (non-hydrogen) atoms. The van der Waals surface area contributed by atoms with Gasteiger partial charge in [0.25, 0.3) is 0 Å². The molecule has 0 amide bonds. The van der Waals surface area contributed by atoms with E-state index in [9.17, 15) is 0 Å². The van der Waals surface area contributed by atoms with Crippen molar-refractivity contribution in [2.45, 2.75) is 13.1 Å². The number of hydrogen-bond acceptors (Lipinski definition) is 6. The highest BCUT2D eigenvalue weighted by molar-refractivity contribution is 9.10. The van der Waals surface area contributed by atoms with Gasteiger partial charge in [-0.05, 0) is 52.7 Å². The van der Waals surface area contributed by atoms with Crippen LogP contribution in [0.4, 0.5) is 0 Å². The summed E-state index contributed by atoms with van der Waals surface area (Å²) < 4.78 is 4.38. The molecule has 0 unspecified atom stereocenters. The van der Waals surface area contributed by atoms with Crippen molar-refractivity contribution in [1.29, 1.82) is 0 Å². The van der Waals surface area contributed by atoms with E-state index in [4.69, 9.17) is 0 Å². The van der Waals surface area contributed by atoms with Crippen LogP contribution in [0, 0.1) is 0 Å². The zero-order valence-corrected chi connectivity index (χ0v) is 9.92. The Labute approximate surface area is 94.9 Å². The predicted molar refractivity (Wildman–Crippen MR) is 51.0 cm³/mol. The topological polar surface area (TPSA) is 87.2 Å². The summed E-state index contributed by atoms with van der Waals surface area (Å²) in [6.45, 7) is 1.19. The van der Waals surface area contributed by atoms with Crippen LogP contribution in [0.1, 0.15) is 0 Å². The van der Waals surface area contributed by atoms with Gasteiger partial charge in [-0.25, -0.2) is 9.36 Å². The van der Waals surface area contributed by atoms with Crippen molar-refractivity contribution in [1.82, 2.24) is 40.4 Å². The molecule has 2 aromatic rings. The molecule has 0 aliphatic carbocycles. The van der Waals surface area contributed by atoms with Crippen LogP contribution in [-0.4, -0.2) is 40.4 Å². The highest BCUT2D eigenvalue weighted by Gasteiger charge is 2.04. The van der Waals surface area contributed by atoms with Crippen molar-refractivity contribution < 1.29 is 0 Å². The summed E-state index contributed by atoms with van der Waals surface area (Å²) >= 11 is 6.41. The molecule has 8 nitrogen and oxygen atoms in total. The maximum Gasteiger partial charge on any atom is 0.218 e. The van der Waals surface area contributed by atoms with E-state index < -0.39 is 0 Å². The Morgan fingerprint density at radius 2 is 1.29 bits per heavy atom. The van der Waals surface area contributed by atoms with Gasteiger partial charge >= 0.3 is 0 Å². The van der Waals surface area contributed by atoms with Gasteiger partial charge in [0.15, 0.2) is 0 Å². The fourth-order valence-corrected chi connectivity index (χ4v) is 1.49. The fourth-order valence-electron chi connectivity index (χ4n) is 0.851. The van der Waals surface area contributed by atoms with Gasteiger partial charge in [-0.1, -0.05) is 0 Å². The van der Waals surface area contributed by atoms with Crippen LogP contribution in [0.15, 0.2) is 9.47 Å². The van der Waals surface area contributed by atoms with Crippen LogP contribution in [0.2, 0.25) is 0 Å². The van der Waals surface area contributed by atoms with Gasteiger partial charge in [0.2, 0.25) is 9.47 Å². The minimum Gasteiger partial charge on any atom is -0.218 e. The van der Waals surface area contributed by atoms with Crippen molar-refractivity contribution in [2.75, 3.05) is 0 Å². The normalized spacial score (nSPS) is 10.7. The average Bonchev–Trinajstić information content (AvgIpc) is 2.72. The molecule has 2 heterocycles. The number of halogens is 2. The van der Waals surface area contributed by atoms with E-state index in [0.29, 0.717) is 22.6 Å². The first kappa shape index (κ1) is 9.65. The Morgan fingerprint density at radius 1 is 0.857 bits per heavy atom. The quantitative estimate of drug-likeness (QED) is 0.783. The van der Waals surface area contributed by atoms with Gasteiger partial charge in [0.05, 0.1) is 13.1 Å². The minimum absolute atomic E-state index is 0.585. The molecule has 0 atom stereocenters. The summed E-state index contributed by atoms with van der Waals surface area (Å²) in [5.74, 6) is 0. The lowest BCUT2D eigenvalue weighted by molar-refractivity contribution is 0.470. The van der Waals surface area contributed by atoms with E-state index in [1.165, 1.54) is 0 Å². The van der Waals surface area contributed by atoms with E-state index in [0.717, 1.165) is 0 Å². The van der Waals surface area contributed by atoms with E-state index in [-0.39, 0.29) is 0 Å². The summed E-state index contributed by atoms with van der Waals surface area (Å²) in [7, 11) is 0. The van der Waals surface area contributed by atoms with Gasteiger partial charge in [-0.2, -0.15) is 0 Å². The Bertz CT molecular complexity index is 380. The molecule has 0 aliphatic rings. The van der Waals surface area contributed by atoms with Crippen molar-refractivity contribution in [2.24, 2.45) is 0 Å². The second-order valence-electron chi connectivity index (χ2n) is 2.34. The third-order valence-electron chi connectivity index (χ3n) is 1.50. The molecular formula is C4H4Br2N8. The molecule has 0 aromatic carbocycles. The van der Waals surface area contributed by atoms with E-state index in [1.54, 1.807) is 9.36 Å². The molecule has 0 aliphatic heterocycles. The molecule has 0 bridgehead atoms. The summed E-state index contributed by atoms with van der Waals surface area (Å²) in [4.78, 5) is 0. The standard InChI is InChI=1S/C4H4Br2N8/c5-3-7-9-11-13(3)1-2-14-4(6)8-10-12-14/h1-2H2. The van der Waals surface area contributed by atoms with Crippen LogP contribution >= 0.6 is 31.9 Å². The van der Waals surface area contributed by atoms with Gasteiger partial charge in [-0.15, -0.1) is 10.2 Å². The maximum absolute atomic E-state index is 3.76. The SMILES string of the molecule is Brc1nnnn1CCn1nnnc1Br. The number of nitrogens with zero attached hydrogens (tertiary/aromatic N) is 8. The van der Waals surface area contributed by atoms with Gasteiger partial charge in [-0.3, -0.25) is 0 Å². The van der Waals surface area contributed by atoms with Crippen molar-refractivity contribution in [3.63, 3.8) is 0 Å². The average molecular weight is 324 g/mol. The zero-order valence-electron chi connectivity index (χ0n) is 6.75. The van der Waals surface area contributed by atoms with Crippen LogP contribution < -0.4 is 0 Å². The second kappa shape index (κ2) is 4.09. The maximum atomic E-state index is 3.76. The number of hydrogen-bond donors (Lipinski definition) is 0. The predicted octanol–water partition coefficient (Wildman–Crippen LogP) is -0.115. The molecular weight excluding hydrogens is 320 g/mol. The summed E-state index contributed by atoms with van der Waals surface area (Å²) in [5, 5.41) is 21.9. The lowest BCUT2D eigenvalue weighted by Gasteiger charge is -2.00. The Morgan fingerprint density at radius 3 is 1.57 bits per heavy atom.